The van der Waals surface area contributed by atoms with Crippen LogP contribution in [0.4, 0.5) is 36.3 Å². The average Bonchev–Trinajstić information content (AvgIpc) is 3.50. The standard InChI is InChI=1S/C30H33F3N7O4P/c1-4-39(5-2)28(42)22-14-20(21-15-35-40(17-21)11-6-12-41)8-10-24(22)36-27-23(30(31,32)33)16-34-29(38-27)37-25-9-7-19(18-45-43)13-26(25)44-3/h7-10,13-17,41H,4-6,11-12,18H2,1-3H3,(H2,34,36,37,38). The van der Waals surface area contributed by atoms with Crippen molar-refractivity contribution in [3.8, 4) is 16.9 Å². The molecule has 4 aromatic rings. The zero-order chi connectivity index (χ0) is 32.6. The number of alkyl halides is 3. The SMILES string of the molecule is CCN(CC)C(=O)c1cc(-c2cnn(CCCO)c2)ccc1Nc1nc(Nc2ccc(CP=O)cc2OC)ncc1C(F)(F)F. The van der Waals surface area contributed by atoms with Crippen molar-refractivity contribution in [1.29, 1.82) is 0 Å². The highest BCUT2D eigenvalue weighted by Crippen LogP contribution is 2.37. The first kappa shape index (κ1) is 33.3. The lowest BCUT2D eigenvalue weighted by atomic mass is 10.0. The summed E-state index contributed by atoms with van der Waals surface area (Å²) in [6, 6.07) is 9.79. The number of amides is 1. The molecule has 1 amide bonds. The summed E-state index contributed by atoms with van der Waals surface area (Å²) in [6.07, 6.45) is 0.0402. The second-order valence-electron chi connectivity index (χ2n) is 9.83. The molecule has 238 valence electrons. The number of benzene rings is 2. The van der Waals surface area contributed by atoms with Crippen molar-refractivity contribution in [3.05, 3.63) is 71.7 Å². The number of nitrogens with zero attached hydrogens (tertiary/aromatic N) is 5. The van der Waals surface area contributed by atoms with E-state index < -0.39 is 17.6 Å². The summed E-state index contributed by atoms with van der Waals surface area (Å²) in [5.41, 5.74) is 1.60. The number of aliphatic hydroxyl groups is 1. The van der Waals surface area contributed by atoms with Gasteiger partial charge >= 0.3 is 6.18 Å². The number of ether oxygens (including phenoxy) is 1. The van der Waals surface area contributed by atoms with Crippen LogP contribution in [0.2, 0.25) is 0 Å². The maximum atomic E-state index is 14.1. The third-order valence-corrected chi connectivity index (χ3v) is 7.41. The van der Waals surface area contributed by atoms with Crippen LogP contribution in [0.5, 0.6) is 5.75 Å². The Morgan fingerprint density at radius 1 is 1.07 bits per heavy atom. The molecular weight excluding hydrogens is 610 g/mol. The maximum absolute atomic E-state index is 14.1. The Bertz CT molecular complexity index is 1640. The van der Waals surface area contributed by atoms with Crippen LogP contribution >= 0.6 is 8.46 Å². The second kappa shape index (κ2) is 15.0. The summed E-state index contributed by atoms with van der Waals surface area (Å²) in [6.45, 7) is 4.93. The Hall–Kier alpha value is -4.55. The van der Waals surface area contributed by atoms with E-state index >= 15 is 0 Å². The molecule has 3 N–H and O–H groups in total. The molecule has 15 heteroatoms. The Morgan fingerprint density at radius 2 is 1.82 bits per heavy atom. The molecule has 0 aliphatic carbocycles. The highest BCUT2D eigenvalue weighted by molar-refractivity contribution is 7.22. The first-order chi connectivity index (χ1) is 21.6. The predicted octanol–water partition coefficient (Wildman–Crippen LogP) is 6.51. The minimum atomic E-state index is -4.80. The molecule has 0 saturated heterocycles. The number of aromatic nitrogens is 4. The van der Waals surface area contributed by atoms with E-state index in [0.717, 1.165) is 5.56 Å². The van der Waals surface area contributed by atoms with Gasteiger partial charge in [0.05, 0.1) is 36.4 Å². The van der Waals surface area contributed by atoms with Gasteiger partial charge < -0.3 is 25.4 Å². The number of rotatable bonds is 14. The lowest BCUT2D eigenvalue weighted by Gasteiger charge is -2.22. The van der Waals surface area contributed by atoms with Gasteiger partial charge in [-0.25, -0.2) is 4.98 Å². The molecule has 2 aromatic carbocycles. The van der Waals surface area contributed by atoms with Crippen molar-refractivity contribution < 1.29 is 32.4 Å². The molecular formula is C30H33F3N7O4P. The Morgan fingerprint density at radius 3 is 2.49 bits per heavy atom. The number of hydrogen-bond acceptors (Lipinski definition) is 9. The topological polar surface area (TPSA) is 134 Å². The summed E-state index contributed by atoms with van der Waals surface area (Å²) in [7, 11) is 1.36. The van der Waals surface area contributed by atoms with E-state index in [-0.39, 0.29) is 44.3 Å². The zero-order valence-corrected chi connectivity index (χ0v) is 25.8. The largest absolute Gasteiger partial charge is 0.495 e. The van der Waals surface area contributed by atoms with Gasteiger partial charge in [-0.3, -0.25) is 14.0 Å². The Kier molecular flexibility index (Phi) is 11.1. The Balaban J connectivity index is 1.75. The number of carbonyl (C=O) groups is 1. The minimum Gasteiger partial charge on any atom is -0.495 e. The zero-order valence-electron chi connectivity index (χ0n) is 24.9. The third kappa shape index (κ3) is 8.14. The fraction of sp³-hybridized carbons (Fsp3) is 0.333. The van der Waals surface area contributed by atoms with Gasteiger partial charge in [0.25, 0.3) is 5.91 Å². The molecule has 4 rings (SSSR count). The molecule has 0 radical (unpaired) electrons. The number of anilines is 4. The molecule has 0 unspecified atom stereocenters. The molecule has 2 heterocycles. The number of aryl methyl sites for hydroxylation is 1. The van der Waals surface area contributed by atoms with Crippen molar-refractivity contribution in [2.45, 2.75) is 39.2 Å². The van der Waals surface area contributed by atoms with Crippen LogP contribution in [0.25, 0.3) is 11.1 Å². The third-order valence-electron chi connectivity index (χ3n) is 6.92. The summed E-state index contributed by atoms with van der Waals surface area (Å²) in [5, 5.41) is 19.1. The number of aliphatic hydroxyl groups excluding tert-OH is 1. The summed E-state index contributed by atoms with van der Waals surface area (Å²) >= 11 is 0. The molecule has 0 fully saturated rings. The Labute approximate surface area is 259 Å². The van der Waals surface area contributed by atoms with Gasteiger partial charge in [-0.2, -0.15) is 23.3 Å². The van der Waals surface area contributed by atoms with Crippen molar-refractivity contribution in [2.75, 3.05) is 37.4 Å². The van der Waals surface area contributed by atoms with Crippen molar-refractivity contribution in [3.63, 3.8) is 0 Å². The van der Waals surface area contributed by atoms with Crippen LogP contribution in [0.1, 0.15) is 41.8 Å². The first-order valence-corrected chi connectivity index (χ1v) is 15.1. The molecule has 2 aromatic heterocycles. The van der Waals surface area contributed by atoms with Gasteiger partial charge in [-0.1, -0.05) is 12.1 Å². The van der Waals surface area contributed by atoms with Gasteiger partial charge in [0.1, 0.15) is 17.1 Å². The lowest BCUT2D eigenvalue weighted by molar-refractivity contribution is -0.137. The van der Waals surface area contributed by atoms with Gasteiger partial charge in [0, 0.05) is 44.2 Å². The van der Waals surface area contributed by atoms with E-state index in [0.29, 0.717) is 54.8 Å². The summed E-state index contributed by atoms with van der Waals surface area (Å²) < 4.78 is 60.4. The van der Waals surface area contributed by atoms with Crippen LogP contribution in [-0.2, 0) is 23.4 Å². The fourth-order valence-electron chi connectivity index (χ4n) is 4.56. The van der Waals surface area contributed by atoms with Crippen LogP contribution in [-0.4, -0.2) is 62.5 Å². The fourth-order valence-corrected chi connectivity index (χ4v) is 4.91. The molecule has 0 aliphatic rings. The summed E-state index contributed by atoms with van der Waals surface area (Å²) in [4.78, 5) is 23.2. The van der Waals surface area contributed by atoms with E-state index in [4.69, 9.17) is 9.84 Å². The van der Waals surface area contributed by atoms with E-state index in [9.17, 15) is 22.5 Å². The van der Waals surface area contributed by atoms with Crippen LogP contribution in [0.15, 0.2) is 55.0 Å². The number of nitrogens with one attached hydrogen (secondary N) is 2. The smallest absolute Gasteiger partial charge is 0.421 e. The predicted molar refractivity (Wildman–Crippen MR) is 165 cm³/mol. The quantitative estimate of drug-likeness (QED) is 0.132. The van der Waals surface area contributed by atoms with Crippen LogP contribution < -0.4 is 15.4 Å². The summed E-state index contributed by atoms with van der Waals surface area (Å²) in [5.74, 6) is -0.724. The highest BCUT2D eigenvalue weighted by atomic mass is 31.1. The molecule has 0 spiro atoms. The van der Waals surface area contributed by atoms with Gasteiger partial charge in [0.15, 0.2) is 8.46 Å². The first-order valence-electron chi connectivity index (χ1n) is 14.1. The number of hydrogen-bond donors (Lipinski definition) is 3. The van der Waals surface area contributed by atoms with E-state index in [1.807, 2.05) is 13.8 Å². The van der Waals surface area contributed by atoms with Crippen molar-refractivity contribution in [1.82, 2.24) is 24.6 Å². The molecule has 0 bridgehead atoms. The molecule has 0 aliphatic heterocycles. The van der Waals surface area contributed by atoms with E-state index in [1.165, 1.54) is 13.2 Å². The van der Waals surface area contributed by atoms with E-state index in [2.05, 4.69) is 25.7 Å². The number of methoxy groups -OCH3 is 1. The van der Waals surface area contributed by atoms with Gasteiger partial charge in [-0.05, 0) is 55.7 Å². The van der Waals surface area contributed by atoms with Crippen LogP contribution in [0.3, 0.4) is 0 Å². The van der Waals surface area contributed by atoms with Crippen LogP contribution in [0, 0.1) is 0 Å². The molecule has 45 heavy (non-hydrogen) atoms. The molecule has 0 atom stereocenters. The van der Waals surface area contributed by atoms with Crippen molar-refractivity contribution in [2.24, 2.45) is 0 Å². The maximum Gasteiger partial charge on any atom is 0.421 e. The van der Waals surface area contributed by atoms with E-state index in [1.54, 1.807) is 52.3 Å². The minimum absolute atomic E-state index is 0.0143. The number of halogens is 3. The number of carbonyl (C=O) groups excluding carboxylic acids is 1. The molecule has 0 saturated carbocycles. The lowest BCUT2D eigenvalue weighted by Crippen LogP contribution is -2.31. The van der Waals surface area contributed by atoms with Gasteiger partial charge in [0.2, 0.25) is 5.95 Å². The normalized spacial score (nSPS) is 11.4. The monoisotopic (exact) mass is 643 g/mol. The van der Waals surface area contributed by atoms with Gasteiger partial charge in [-0.15, -0.1) is 0 Å². The second-order valence-corrected chi connectivity index (χ2v) is 10.4. The highest BCUT2D eigenvalue weighted by Gasteiger charge is 2.36. The average molecular weight is 644 g/mol. The van der Waals surface area contributed by atoms with Crippen molar-refractivity contribution >= 4 is 37.5 Å². The molecule has 11 nitrogen and oxygen atoms in total.